The molecule has 0 aliphatic carbocycles. The molecule has 6 atom stereocenters. The molecule has 0 amide bonds. The fourth-order valence-electron chi connectivity index (χ4n) is 10.4. The van der Waals surface area contributed by atoms with E-state index >= 15 is 0 Å². The first-order valence-corrected chi connectivity index (χ1v) is 34.3. The summed E-state index contributed by atoms with van der Waals surface area (Å²) >= 11 is 0. The first-order chi connectivity index (χ1) is 40.6. The lowest BCUT2D eigenvalue weighted by Crippen LogP contribution is -2.61. The summed E-state index contributed by atoms with van der Waals surface area (Å²) < 4.78 is 28.6. The van der Waals surface area contributed by atoms with Crippen LogP contribution in [0.2, 0.25) is 0 Å². The number of carboxylic acids is 1. The first kappa shape index (κ1) is 77.4. The van der Waals surface area contributed by atoms with Crippen molar-refractivity contribution in [1.29, 1.82) is 0 Å². The molecule has 1 aliphatic heterocycles. The Morgan fingerprint density at radius 1 is 0.410 bits per heavy atom. The van der Waals surface area contributed by atoms with Crippen molar-refractivity contribution < 1.29 is 58.2 Å². The average Bonchev–Trinajstić information content (AvgIpc) is 3.59. The first-order valence-electron chi connectivity index (χ1n) is 34.3. The zero-order chi connectivity index (χ0) is 60.3. The van der Waals surface area contributed by atoms with Crippen molar-refractivity contribution in [2.24, 2.45) is 0 Å². The number of carbonyl (C=O) groups is 4. The molecule has 3 N–H and O–H groups in total. The average molecular weight is 1170 g/mol. The van der Waals surface area contributed by atoms with E-state index in [0.717, 1.165) is 96.3 Å². The van der Waals surface area contributed by atoms with Crippen LogP contribution in [0.3, 0.4) is 0 Å². The van der Waals surface area contributed by atoms with Gasteiger partial charge in [-0.05, 0) is 64.2 Å². The minimum Gasteiger partial charge on any atom is -0.479 e. The number of aliphatic carboxylic acids is 1. The second-order valence-corrected chi connectivity index (χ2v) is 23.4. The van der Waals surface area contributed by atoms with E-state index in [1.54, 1.807) is 0 Å². The molecule has 12 nitrogen and oxygen atoms in total. The van der Waals surface area contributed by atoms with Crippen LogP contribution in [0.5, 0.6) is 0 Å². The molecular weight excluding hydrogens is 1040 g/mol. The highest BCUT2D eigenvalue weighted by molar-refractivity contribution is 5.74. The lowest BCUT2D eigenvalue weighted by molar-refractivity contribution is -0.301. The normalized spacial score (nSPS) is 17.9. The summed E-state index contributed by atoms with van der Waals surface area (Å²) in [6.07, 6.45) is 61.7. The van der Waals surface area contributed by atoms with Crippen LogP contribution in [0.15, 0.2) is 60.8 Å². The molecule has 1 aliphatic rings. The molecule has 0 aromatic heterocycles. The summed E-state index contributed by atoms with van der Waals surface area (Å²) in [5.74, 6) is -3.13. The van der Waals surface area contributed by atoms with Gasteiger partial charge in [0, 0.05) is 19.3 Å². The van der Waals surface area contributed by atoms with Gasteiger partial charge in [-0.1, -0.05) is 293 Å². The predicted molar refractivity (Wildman–Crippen MR) is 340 cm³/mol. The summed E-state index contributed by atoms with van der Waals surface area (Å²) in [6.45, 7) is 5.91. The van der Waals surface area contributed by atoms with Crippen LogP contribution in [0, 0.1) is 0 Å². The summed E-state index contributed by atoms with van der Waals surface area (Å²) in [5.41, 5.74) is 0. The van der Waals surface area contributed by atoms with E-state index in [2.05, 4.69) is 81.5 Å². The Labute approximate surface area is 506 Å². The second-order valence-electron chi connectivity index (χ2n) is 23.4. The molecule has 0 aromatic carbocycles. The van der Waals surface area contributed by atoms with Crippen LogP contribution in [0.1, 0.15) is 316 Å². The number of hydrogen-bond donors (Lipinski definition) is 3. The minimum absolute atomic E-state index is 0.0615. The second kappa shape index (κ2) is 58.8. The number of carbonyl (C=O) groups excluding carboxylic acids is 3. The number of aliphatic hydroxyl groups is 2. The lowest BCUT2D eigenvalue weighted by atomic mass is 9.98. The summed E-state index contributed by atoms with van der Waals surface area (Å²) in [4.78, 5) is 51.4. The minimum atomic E-state index is -1.91. The largest absolute Gasteiger partial charge is 0.479 e. The van der Waals surface area contributed by atoms with Gasteiger partial charge >= 0.3 is 23.9 Å². The molecule has 1 fully saturated rings. The summed E-state index contributed by atoms with van der Waals surface area (Å²) in [7, 11) is 0. The third-order valence-electron chi connectivity index (χ3n) is 15.6. The van der Waals surface area contributed by atoms with Crippen LogP contribution in [-0.2, 0) is 42.9 Å². The molecule has 0 spiro atoms. The Balaban J connectivity index is 2.66. The molecule has 0 radical (unpaired) electrons. The SMILES string of the molecule is CC/C=C\C/C=C\C/C=C\C/C=C\C/C=C\CCCCCC(=O)OCC(COC1OC(C(=O)O)C(O)C(O)C1OC(=O)CCCCCCCCCCCCCCCCCCC)OC(=O)CCCCCCCCCCCCCCCCCCC. The number of aliphatic hydroxyl groups excluding tert-OH is 2. The summed E-state index contributed by atoms with van der Waals surface area (Å²) in [6, 6.07) is 0. The molecule has 1 rings (SSSR count). The van der Waals surface area contributed by atoms with Crippen molar-refractivity contribution in [2.75, 3.05) is 13.2 Å². The molecular formula is C71H124O12. The van der Waals surface area contributed by atoms with E-state index in [9.17, 15) is 34.5 Å². The van der Waals surface area contributed by atoms with Crippen LogP contribution in [0.4, 0.5) is 0 Å². The van der Waals surface area contributed by atoms with Crippen molar-refractivity contribution in [3.63, 3.8) is 0 Å². The number of carboxylic acid groups (broad SMARTS) is 1. The Hall–Kier alpha value is -3.58. The van der Waals surface area contributed by atoms with Gasteiger partial charge in [-0.3, -0.25) is 14.4 Å². The van der Waals surface area contributed by atoms with Gasteiger partial charge in [0.25, 0.3) is 0 Å². The molecule has 0 bridgehead atoms. The van der Waals surface area contributed by atoms with Gasteiger partial charge in [-0.2, -0.15) is 0 Å². The maximum absolute atomic E-state index is 13.2. The number of esters is 3. The van der Waals surface area contributed by atoms with Crippen molar-refractivity contribution in [3.8, 4) is 0 Å². The van der Waals surface area contributed by atoms with Crippen molar-refractivity contribution >= 4 is 23.9 Å². The van der Waals surface area contributed by atoms with E-state index in [1.165, 1.54) is 161 Å². The highest BCUT2D eigenvalue weighted by atomic mass is 16.7. The smallest absolute Gasteiger partial charge is 0.335 e. The van der Waals surface area contributed by atoms with Gasteiger partial charge in [0.15, 0.2) is 24.6 Å². The molecule has 480 valence electrons. The third kappa shape index (κ3) is 48.3. The van der Waals surface area contributed by atoms with Crippen molar-refractivity contribution in [2.45, 2.75) is 353 Å². The van der Waals surface area contributed by atoms with Gasteiger partial charge in [-0.25, -0.2) is 4.79 Å². The van der Waals surface area contributed by atoms with Crippen LogP contribution in [0.25, 0.3) is 0 Å². The van der Waals surface area contributed by atoms with Gasteiger partial charge in [0.1, 0.15) is 18.8 Å². The number of ether oxygens (including phenoxy) is 5. The van der Waals surface area contributed by atoms with E-state index in [1.807, 2.05) is 0 Å². The van der Waals surface area contributed by atoms with E-state index in [-0.39, 0.29) is 25.9 Å². The Morgan fingerprint density at radius 2 is 0.759 bits per heavy atom. The van der Waals surface area contributed by atoms with E-state index in [0.29, 0.717) is 19.3 Å². The molecule has 0 saturated carbocycles. The lowest BCUT2D eigenvalue weighted by Gasteiger charge is -2.40. The van der Waals surface area contributed by atoms with Gasteiger partial charge in [0.2, 0.25) is 0 Å². The zero-order valence-electron chi connectivity index (χ0n) is 53.2. The highest BCUT2D eigenvalue weighted by Crippen LogP contribution is 2.27. The zero-order valence-corrected chi connectivity index (χ0v) is 53.2. The van der Waals surface area contributed by atoms with Gasteiger partial charge < -0.3 is 39.0 Å². The Bertz CT molecular complexity index is 1670. The fourth-order valence-corrected chi connectivity index (χ4v) is 10.4. The number of rotatable bonds is 59. The van der Waals surface area contributed by atoms with Crippen LogP contribution in [-0.4, -0.2) is 89.2 Å². The Kier molecular flexibility index (Phi) is 54.8. The van der Waals surface area contributed by atoms with E-state index < -0.39 is 67.3 Å². The molecule has 83 heavy (non-hydrogen) atoms. The van der Waals surface area contributed by atoms with Crippen LogP contribution < -0.4 is 0 Å². The van der Waals surface area contributed by atoms with Crippen molar-refractivity contribution in [1.82, 2.24) is 0 Å². The van der Waals surface area contributed by atoms with Gasteiger partial charge in [-0.15, -0.1) is 0 Å². The molecule has 6 unspecified atom stereocenters. The quantitative estimate of drug-likeness (QED) is 0.0228. The molecule has 12 heteroatoms. The highest BCUT2D eigenvalue weighted by Gasteiger charge is 2.50. The molecule has 1 saturated heterocycles. The van der Waals surface area contributed by atoms with E-state index in [4.69, 9.17) is 23.7 Å². The monoisotopic (exact) mass is 1170 g/mol. The van der Waals surface area contributed by atoms with Gasteiger partial charge in [0.05, 0.1) is 6.61 Å². The maximum atomic E-state index is 13.2. The summed E-state index contributed by atoms with van der Waals surface area (Å²) in [5, 5.41) is 31.6. The third-order valence-corrected chi connectivity index (χ3v) is 15.6. The maximum Gasteiger partial charge on any atom is 0.335 e. The predicted octanol–water partition coefficient (Wildman–Crippen LogP) is 18.7. The fraction of sp³-hybridized carbons (Fsp3) is 0.803. The van der Waals surface area contributed by atoms with Crippen LogP contribution >= 0.6 is 0 Å². The molecule has 0 aromatic rings. The van der Waals surface area contributed by atoms with Crippen molar-refractivity contribution in [3.05, 3.63) is 60.8 Å². The number of hydrogen-bond acceptors (Lipinski definition) is 11. The standard InChI is InChI=1S/C71H124O12/c1-4-7-10-13-16-19-22-25-28-31-32-35-36-39-42-45-48-51-54-57-63(72)79-60-62(81-64(73)58-55-52-49-46-43-40-37-33-29-26-23-20-17-14-11-8-5-2)61-80-71-69(67(76)66(75)68(83-71)70(77)78)82-65(74)59-56-53-50-47-44-41-38-34-30-27-24-21-18-15-12-9-6-3/h7,10,16,19,25,28,32,35,39,42,62,66-69,71,75-76H,4-6,8-9,11-15,17-18,20-24,26-27,29-31,33-34,36-38,40-41,43-61H2,1-3H3,(H,77,78)/b10-7-,19-16-,28-25-,35-32-,42-39-. The number of allylic oxidation sites excluding steroid dienone is 10. The topological polar surface area (TPSA) is 175 Å². The molecule has 1 heterocycles. The number of unbranched alkanes of at least 4 members (excludes halogenated alkanes) is 35. The Morgan fingerprint density at radius 3 is 1.16 bits per heavy atom.